The molecule has 3 heteroatoms. The van der Waals surface area contributed by atoms with Gasteiger partial charge >= 0.3 is 141 Å². The van der Waals surface area contributed by atoms with Gasteiger partial charge in [-0.3, -0.25) is 0 Å². The Morgan fingerprint density at radius 1 is 1.52 bits per heavy atom. The molecule has 1 aromatic carbocycles. The Kier molecular flexibility index (Phi) is 5.74. The van der Waals surface area contributed by atoms with Gasteiger partial charge in [-0.15, -0.1) is 0 Å². The van der Waals surface area contributed by atoms with E-state index >= 15 is 0 Å². The van der Waals surface area contributed by atoms with Crippen molar-refractivity contribution in [1.29, 1.82) is 0 Å². The molecule has 0 spiro atoms. The number of thiol groups is 1. The number of hydrogen-bond donors (Lipinski definition) is 2. The third kappa shape index (κ3) is 4.02. The van der Waals surface area contributed by atoms with Crippen molar-refractivity contribution in [3.05, 3.63) is 60.7 Å². The summed E-state index contributed by atoms with van der Waals surface area (Å²) in [6.45, 7) is 14.1. The topological polar surface area (TPSA) is 20.2 Å². The van der Waals surface area contributed by atoms with E-state index < -0.39 is 25.9 Å². The van der Waals surface area contributed by atoms with Gasteiger partial charge in [-0.1, -0.05) is 0 Å². The fourth-order valence-corrected chi connectivity index (χ4v) is 9.31. The van der Waals surface area contributed by atoms with Gasteiger partial charge in [0.1, 0.15) is 0 Å². The Morgan fingerprint density at radius 2 is 2.24 bits per heavy atom. The van der Waals surface area contributed by atoms with Crippen molar-refractivity contribution in [2.75, 3.05) is 4.43 Å². The molecule has 2 atom stereocenters. The Hall–Kier alpha value is -0.520. The zero-order chi connectivity index (χ0) is 15.6. The minimum absolute atomic E-state index is 0.228. The second-order valence-corrected chi connectivity index (χ2v) is 11.7. The second kappa shape index (κ2) is 7.16. The van der Waals surface area contributed by atoms with Crippen LogP contribution >= 0.6 is 32.4 Å². The van der Waals surface area contributed by atoms with E-state index in [4.69, 9.17) is 0 Å². The molecule has 0 fully saturated rings. The molecule has 0 saturated carbocycles. The van der Waals surface area contributed by atoms with Crippen LogP contribution in [-0.4, -0.2) is 15.6 Å². The predicted octanol–water partition coefficient (Wildman–Crippen LogP) is 5.10. The summed E-state index contributed by atoms with van der Waals surface area (Å²) in [7, 11) is 0. The van der Waals surface area contributed by atoms with E-state index in [0.29, 0.717) is 0 Å². The van der Waals surface area contributed by atoms with Crippen molar-refractivity contribution in [3.63, 3.8) is 0 Å². The minimum atomic E-state index is -1.34. The number of aliphatic hydroxyl groups is 1. The molecule has 1 aliphatic rings. The Balaban J connectivity index is 2.14. The normalized spacial score (nSPS) is 18.2. The van der Waals surface area contributed by atoms with Gasteiger partial charge in [0.2, 0.25) is 0 Å². The third-order valence-electron chi connectivity index (χ3n) is 3.73. The number of halogens is 1. The van der Waals surface area contributed by atoms with Gasteiger partial charge in [0, 0.05) is 0 Å². The number of rotatable bonds is 6. The summed E-state index contributed by atoms with van der Waals surface area (Å²) in [6, 6.07) is 6.37. The number of allylic oxidation sites excluding steroid dienone is 1. The SMILES string of the molecule is C=CC(O)C(CC(=C)C)CI1Cc2ccc(S)cc2C1=C. The van der Waals surface area contributed by atoms with Crippen molar-refractivity contribution in [3.8, 4) is 0 Å². The van der Waals surface area contributed by atoms with E-state index in [0.717, 1.165) is 25.7 Å². The molecule has 0 aliphatic carbocycles. The van der Waals surface area contributed by atoms with E-state index in [-0.39, 0.29) is 5.92 Å². The molecular weight excluding hydrogens is 391 g/mol. The van der Waals surface area contributed by atoms with E-state index in [9.17, 15) is 5.11 Å². The number of aliphatic hydroxyl groups excluding tert-OH is 1. The van der Waals surface area contributed by atoms with Crippen molar-refractivity contribution >= 4 is 36.0 Å². The van der Waals surface area contributed by atoms with Crippen molar-refractivity contribution in [2.45, 2.75) is 28.8 Å². The van der Waals surface area contributed by atoms with Crippen molar-refractivity contribution in [2.24, 2.45) is 5.92 Å². The Bertz CT molecular complexity index is 579. The predicted molar refractivity (Wildman–Crippen MR) is 104 cm³/mol. The van der Waals surface area contributed by atoms with Gasteiger partial charge in [0.15, 0.2) is 0 Å². The summed E-state index contributed by atoms with van der Waals surface area (Å²) in [6.07, 6.45) is 2.07. The van der Waals surface area contributed by atoms with E-state index in [1.165, 1.54) is 14.7 Å². The van der Waals surface area contributed by atoms with Crippen LogP contribution in [0.1, 0.15) is 24.5 Å². The van der Waals surface area contributed by atoms with Gasteiger partial charge in [0.05, 0.1) is 0 Å². The molecule has 1 heterocycles. The zero-order valence-electron chi connectivity index (χ0n) is 12.5. The van der Waals surface area contributed by atoms with Crippen LogP contribution < -0.4 is 0 Å². The summed E-state index contributed by atoms with van der Waals surface area (Å²) in [5.74, 6) is 0.228. The van der Waals surface area contributed by atoms with Gasteiger partial charge in [0.25, 0.3) is 0 Å². The molecular formula is C18H23IOS. The standard InChI is InChI=1S/C18H23IOS/c1-5-18(20)15(8-12(2)3)11-19-10-14-6-7-16(21)9-17(14)13(19)4/h5-7,9,15,18,20-21H,1-2,4,8,10-11H2,3H3. The molecule has 21 heavy (non-hydrogen) atoms. The first-order valence-corrected chi connectivity index (χ1v) is 11.6. The fourth-order valence-electron chi connectivity index (χ4n) is 2.63. The maximum atomic E-state index is 10.2. The van der Waals surface area contributed by atoms with Crippen LogP contribution in [0.15, 0.2) is 54.5 Å². The van der Waals surface area contributed by atoms with Crippen LogP contribution in [0.4, 0.5) is 0 Å². The van der Waals surface area contributed by atoms with Crippen LogP contribution in [0.5, 0.6) is 0 Å². The van der Waals surface area contributed by atoms with Crippen molar-refractivity contribution in [1.82, 2.24) is 0 Å². The molecule has 0 radical (unpaired) electrons. The van der Waals surface area contributed by atoms with Crippen LogP contribution in [-0.2, 0) is 4.43 Å². The first-order valence-electron chi connectivity index (χ1n) is 7.00. The fraction of sp³-hybridized carbons (Fsp3) is 0.333. The molecule has 2 unspecified atom stereocenters. The number of hydrogen-bond acceptors (Lipinski definition) is 2. The zero-order valence-corrected chi connectivity index (χ0v) is 15.5. The summed E-state index contributed by atoms with van der Waals surface area (Å²) in [5, 5.41) is 10.2. The van der Waals surface area contributed by atoms with Crippen LogP contribution in [0.3, 0.4) is 0 Å². The molecule has 1 nitrogen and oxygen atoms in total. The third-order valence-corrected chi connectivity index (χ3v) is 10.4. The molecule has 0 bridgehead atoms. The molecule has 0 aromatic heterocycles. The molecule has 1 aromatic rings. The van der Waals surface area contributed by atoms with E-state index in [1.54, 1.807) is 6.08 Å². The molecule has 0 saturated heterocycles. The van der Waals surface area contributed by atoms with Crippen LogP contribution in [0, 0.1) is 5.92 Å². The van der Waals surface area contributed by atoms with Crippen LogP contribution in [0.2, 0.25) is 0 Å². The second-order valence-electron chi connectivity index (χ2n) is 5.64. The van der Waals surface area contributed by atoms with Crippen LogP contribution in [0.25, 0.3) is 3.58 Å². The Morgan fingerprint density at radius 3 is 2.86 bits per heavy atom. The maximum absolute atomic E-state index is 10.2. The average molecular weight is 414 g/mol. The molecule has 114 valence electrons. The molecule has 1 aliphatic heterocycles. The average Bonchev–Trinajstić information content (AvgIpc) is 2.73. The van der Waals surface area contributed by atoms with Gasteiger partial charge in [-0.05, 0) is 0 Å². The summed E-state index contributed by atoms with van der Waals surface area (Å²) < 4.78 is 3.55. The van der Waals surface area contributed by atoms with Gasteiger partial charge in [-0.25, -0.2) is 0 Å². The van der Waals surface area contributed by atoms with Crippen molar-refractivity contribution < 1.29 is 5.11 Å². The number of fused-ring (bicyclic) bond motifs is 1. The number of alkyl halides is 2. The molecule has 0 amide bonds. The molecule has 2 rings (SSSR count). The Labute approximate surface area is 140 Å². The number of benzene rings is 1. The molecule has 1 N–H and O–H groups in total. The first-order chi connectivity index (χ1) is 9.92. The summed E-state index contributed by atoms with van der Waals surface area (Å²) >= 11 is 3.08. The first kappa shape index (κ1) is 16.8. The van der Waals surface area contributed by atoms with Gasteiger partial charge in [-0.2, -0.15) is 0 Å². The van der Waals surface area contributed by atoms with E-state index in [1.807, 2.05) is 6.92 Å². The van der Waals surface area contributed by atoms with E-state index in [2.05, 4.69) is 50.6 Å². The quantitative estimate of drug-likeness (QED) is 0.287. The van der Waals surface area contributed by atoms with Gasteiger partial charge < -0.3 is 0 Å². The monoisotopic (exact) mass is 414 g/mol. The summed E-state index contributed by atoms with van der Waals surface area (Å²) in [4.78, 5) is 0.997. The summed E-state index contributed by atoms with van der Waals surface area (Å²) in [5.41, 5.74) is 3.83.